The summed E-state index contributed by atoms with van der Waals surface area (Å²) in [6.45, 7) is 4.44. The number of benzene rings is 2. The predicted molar refractivity (Wildman–Crippen MR) is 116 cm³/mol. The summed E-state index contributed by atoms with van der Waals surface area (Å²) in [5.74, 6) is 1.94. The first-order valence-electron chi connectivity index (χ1n) is 9.82. The summed E-state index contributed by atoms with van der Waals surface area (Å²) >= 11 is 7.51. The van der Waals surface area contributed by atoms with Crippen molar-refractivity contribution in [1.82, 2.24) is 9.80 Å². The van der Waals surface area contributed by atoms with Crippen molar-refractivity contribution in [3.05, 3.63) is 52.5 Å². The van der Waals surface area contributed by atoms with Crippen molar-refractivity contribution in [1.29, 1.82) is 0 Å². The lowest BCUT2D eigenvalue weighted by Gasteiger charge is -2.35. The van der Waals surface area contributed by atoms with Gasteiger partial charge in [0.15, 0.2) is 11.5 Å². The van der Waals surface area contributed by atoms with Crippen LogP contribution >= 0.6 is 23.4 Å². The van der Waals surface area contributed by atoms with Crippen LogP contribution in [0.15, 0.2) is 41.3 Å². The largest absolute Gasteiger partial charge is 0.454 e. The zero-order chi connectivity index (χ0) is 21.1. The Labute approximate surface area is 185 Å². The Morgan fingerprint density at radius 3 is 2.40 bits per heavy atom. The molecule has 8 heteroatoms. The number of hydrogen-bond acceptors (Lipinski definition) is 5. The fraction of sp³-hybridized carbons (Fsp3) is 0.364. The average molecular weight is 447 g/mol. The number of nitrogens with zero attached hydrogens (tertiary/aromatic N) is 2. The lowest BCUT2D eigenvalue weighted by atomic mass is 10.1. The van der Waals surface area contributed by atoms with Crippen molar-refractivity contribution in [2.24, 2.45) is 0 Å². The molecule has 1 saturated heterocycles. The highest BCUT2D eigenvalue weighted by molar-refractivity contribution is 8.00. The van der Waals surface area contributed by atoms with Gasteiger partial charge >= 0.3 is 0 Å². The van der Waals surface area contributed by atoms with Gasteiger partial charge < -0.3 is 19.3 Å². The number of thioether (sulfide) groups is 1. The van der Waals surface area contributed by atoms with E-state index in [2.05, 4.69) is 0 Å². The molecule has 0 unspecified atom stereocenters. The molecule has 1 fully saturated rings. The first-order valence-corrected chi connectivity index (χ1v) is 11.2. The van der Waals surface area contributed by atoms with Crippen molar-refractivity contribution in [2.45, 2.75) is 18.2 Å². The van der Waals surface area contributed by atoms with E-state index in [1.54, 1.807) is 0 Å². The molecule has 0 spiro atoms. The molecule has 6 nitrogen and oxygen atoms in total. The molecule has 0 bridgehead atoms. The Bertz CT molecular complexity index is 960. The topological polar surface area (TPSA) is 59.1 Å². The zero-order valence-electron chi connectivity index (χ0n) is 16.7. The summed E-state index contributed by atoms with van der Waals surface area (Å²) in [6.07, 6.45) is 0.316. The number of ether oxygens (including phenoxy) is 2. The van der Waals surface area contributed by atoms with Gasteiger partial charge in [-0.25, -0.2) is 0 Å². The van der Waals surface area contributed by atoms with Crippen LogP contribution in [0, 0.1) is 6.92 Å². The smallest absolute Gasteiger partial charge is 0.233 e. The highest BCUT2D eigenvalue weighted by Crippen LogP contribution is 2.32. The number of aryl methyl sites for hydroxylation is 1. The van der Waals surface area contributed by atoms with Gasteiger partial charge in [-0.05, 0) is 48.4 Å². The Kier molecular flexibility index (Phi) is 6.39. The van der Waals surface area contributed by atoms with Crippen LogP contribution in [0.25, 0.3) is 0 Å². The second kappa shape index (κ2) is 9.18. The van der Waals surface area contributed by atoms with Crippen LogP contribution in [0.4, 0.5) is 0 Å². The third kappa shape index (κ3) is 4.84. The SMILES string of the molecule is Cc1cc(Cl)ccc1SCC(=O)N1CCN(C(=O)Cc2ccc3c(c2)OCO3)CC1. The Morgan fingerprint density at radius 1 is 0.967 bits per heavy atom. The number of piperazine rings is 1. The molecule has 0 aliphatic carbocycles. The van der Waals surface area contributed by atoms with Crippen molar-refractivity contribution in [2.75, 3.05) is 38.7 Å². The minimum absolute atomic E-state index is 0.0622. The van der Waals surface area contributed by atoms with Gasteiger partial charge in [0.05, 0.1) is 12.2 Å². The summed E-state index contributed by atoms with van der Waals surface area (Å²) < 4.78 is 10.7. The number of amides is 2. The summed E-state index contributed by atoms with van der Waals surface area (Å²) in [7, 11) is 0. The number of fused-ring (bicyclic) bond motifs is 1. The van der Waals surface area contributed by atoms with E-state index in [4.69, 9.17) is 21.1 Å². The van der Waals surface area contributed by atoms with E-state index in [9.17, 15) is 9.59 Å². The van der Waals surface area contributed by atoms with E-state index < -0.39 is 0 Å². The molecule has 2 aliphatic rings. The number of carbonyl (C=O) groups excluding carboxylic acids is 2. The van der Waals surface area contributed by atoms with Gasteiger partial charge in [0, 0.05) is 36.1 Å². The molecule has 2 aliphatic heterocycles. The third-order valence-electron chi connectivity index (χ3n) is 5.27. The van der Waals surface area contributed by atoms with E-state index >= 15 is 0 Å². The molecule has 158 valence electrons. The van der Waals surface area contributed by atoms with E-state index in [0.29, 0.717) is 54.9 Å². The molecule has 2 heterocycles. The van der Waals surface area contributed by atoms with Crippen LogP contribution in [0.3, 0.4) is 0 Å². The highest BCUT2D eigenvalue weighted by atomic mass is 35.5. The van der Waals surface area contributed by atoms with E-state index in [0.717, 1.165) is 16.0 Å². The van der Waals surface area contributed by atoms with Crippen molar-refractivity contribution in [3.8, 4) is 11.5 Å². The second-order valence-electron chi connectivity index (χ2n) is 7.32. The molecule has 0 aromatic heterocycles. The molecule has 2 aromatic rings. The molecule has 0 saturated carbocycles. The van der Waals surface area contributed by atoms with Crippen LogP contribution in [-0.2, 0) is 16.0 Å². The van der Waals surface area contributed by atoms with Crippen molar-refractivity contribution >= 4 is 35.2 Å². The minimum Gasteiger partial charge on any atom is -0.454 e. The third-order valence-corrected chi connectivity index (χ3v) is 6.66. The van der Waals surface area contributed by atoms with Crippen LogP contribution < -0.4 is 9.47 Å². The molecule has 2 amide bonds. The first-order chi connectivity index (χ1) is 14.5. The number of rotatable bonds is 5. The van der Waals surface area contributed by atoms with Gasteiger partial charge in [0.25, 0.3) is 0 Å². The fourth-order valence-electron chi connectivity index (χ4n) is 3.55. The van der Waals surface area contributed by atoms with Gasteiger partial charge in [-0.15, -0.1) is 11.8 Å². The maximum atomic E-state index is 12.7. The van der Waals surface area contributed by atoms with E-state index in [-0.39, 0.29) is 18.6 Å². The molecule has 0 atom stereocenters. The molecule has 30 heavy (non-hydrogen) atoms. The van der Waals surface area contributed by atoms with Gasteiger partial charge in [-0.3, -0.25) is 9.59 Å². The normalized spacial score (nSPS) is 15.4. The van der Waals surface area contributed by atoms with Gasteiger partial charge in [0.2, 0.25) is 18.6 Å². The van der Waals surface area contributed by atoms with Crippen LogP contribution in [0.1, 0.15) is 11.1 Å². The highest BCUT2D eigenvalue weighted by Gasteiger charge is 2.24. The van der Waals surface area contributed by atoms with Crippen LogP contribution in [-0.4, -0.2) is 60.3 Å². The molecular weight excluding hydrogens is 424 g/mol. The van der Waals surface area contributed by atoms with Gasteiger partial charge in [-0.2, -0.15) is 0 Å². The standard InChI is InChI=1S/C22H23ClN2O4S/c1-15-10-17(23)3-5-20(15)30-13-22(27)25-8-6-24(7-9-25)21(26)12-16-2-4-18-19(11-16)29-14-28-18/h2-5,10-11H,6-9,12-14H2,1H3. The van der Waals surface area contributed by atoms with E-state index in [1.165, 1.54) is 11.8 Å². The van der Waals surface area contributed by atoms with Crippen LogP contribution in [0.5, 0.6) is 11.5 Å². The van der Waals surface area contributed by atoms with Crippen LogP contribution in [0.2, 0.25) is 5.02 Å². The summed E-state index contributed by atoms with van der Waals surface area (Å²) in [4.78, 5) is 30.0. The monoisotopic (exact) mass is 446 g/mol. The van der Waals surface area contributed by atoms with Crippen molar-refractivity contribution < 1.29 is 19.1 Å². The molecular formula is C22H23ClN2O4S. The lowest BCUT2D eigenvalue weighted by Crippen LogP contribution is -2.51. The van der Waals surface area contributed by atoms with Crippen molar-refractivity contribution in [3.63, 3.8) is 0 Å². The molecule has 4 rings (SSSR count). The van der Waals surface area contributed by atoms with E-state index in [1.807, 2.05) is 53.1 Å². The Morgan fingerprint density at radius 2 is 1.67 bits per heavy atom. The average Bonchev–Trinajstić information content (AvgIpc) is 3.21. The summed E-state index contributed by atoms with van der Waals surface area (Å²) in [6, 6.07) is 11.3. The fourth-order valence-corrected chi connectivity index (χ4v) is 4.69. The Hall–Kier alpha value is -2.38. The van der Waals surface area contributed by atoms with Gasteiger partial charge in [0.1, 0.15) is 0 Å². The lowest BCUT2D eigenvalue weighted by molar-refractivity contribution is -0.137. The Balaban J connectivity index is 1.25. The molecule has 2 aromatic carbocycles. The first kappa shape index (κ1) is 20.9. The quantitative estimate of drug-likeness (QED) is 0.659. The predicted octanol–water partition coefficient (Wildman–Crippen LogP) is 3.38. The van der Waals surface area contributed by atoms with Gasteiger partial charge in [-0.1, -0.05) is 17.7 Å². The molecule has 0 radical (unpaired) electrons. The number of hydrogen-bond donors (Lipinski definition) is 0. The molecule has 0 N–H and O–H groups in total. The maximum absolute atomic E-state index is 12.7. The maximum Gasteiger partial charge on any atom is 0.233 e. The minimum atomic E-state index is 0.0622. The number of halogens is 1. The number of carbonyl (C=O) groups is 2. The summed E-state index contributed by atoms with van der Waals surface area (Å²) in [5, 5.41) is 0.699. The zero-order valence-corrected chi connectivity index (χ0v) is 18.3. The summed E-state index contributed by atoms with van der Waals surface area (Å²) in [5.41, 5.74) is 1.97. The second-order valence-corrected chi connectivity index (χ2v) is 8.78.